The Labute approximate surface area is 122 Å². The van der Waals surface area contributed by atoms with Crippen LogP contribution in [0.5, 0.6) is 0 Å². The summed E-state index contributed by atoms with van der Waals surface area (Å²) in [6, 6.07) is 8.58. The lowest BCUT2D eigenvalue weighted by molar-refractivity contribution is -0.133. The number of likely N-dealkylation sites (tertiary alicyclic amines) is 1. The molecule has 102 valence electrons. The van der Waals surface area contributed by atoms with E-state index in [9.17, 15) is 4.79 Å². The minimum Gasteiger partial charge on any atom is -0.338 e. The first kappa shape index (κ1) is 13.1. The Morgan fingerprint density at radius 3 is 3.05 bits per heavy atom. The maximum Gasteiger partial charge on any atom is 0.226 e. The Morgan fingerprint density at radius 1 is 1.47 bits per heavy atom. The molecule has 0 radical (unpaired) electrons. The lowest BCUT2D eigenvalue weighted by Crippen LogP contribution is -2.40. The molecule has 0 bridgehead atoms. The second-order valence-electron chi connectivity index (χ2n) is 5.57. The van der Waals surface area contributed by atoms with Gasteiger partial charge in [0.2, 0.25) is 5.91 Å². The van der Waals surface area contributed by atoms with Gasteiger partial charge in [-0.05, 0) is 42.9 Å². The van der Waals surface area contributed by atoms with Crippen molar-refractivity contribution in [1.29, 1.82) is 0 Å². The lowest BCUT2D eigenvalue weighted by atomic mass is 10.1. The van der Waals surface area contributed by atoms with Crippen LogP contribution in [0.15, 0.2) is 28.7 Å². The number of hydrogen-bond acceptors (Lipinski definition) is 2. The Balaban J connectivity index is 1.68. The molecular formula is C15H19BrN2O. The van der Waals surface area contributed by atoms with Crippen molar-refractivity contribution in [2.75, 3.05) is 13.1 Å². The molecule has 4 heteroatoms. The van der Waals surface area contributed by atoms with Crippen LogP contribution in [0.3, 0.4) is 0 Å². The van der Waals surface area contributed by atoms with Crippen LogP contribution < -0.4 is 5.73 Å². The highest BCUT2D eigenvalue weighted by Crippen LogP contribution is 2.49. The quantitative estimate of drug-likeness (QED) is 0.929. The SMILES string of the molecule is NC[C@@H]1CCCN1C(=O)[C@@H]1C[C@H]1c1cccc(Br)c1. The van der Waals surface area contributed by atoms with E-state index in [1.165, 1.54) is 5.56 Å². The number of nitrogens with zero attached hydrogens (tertiary/aromatic N) is 1. The van der Waals surface area contributed by atoms with E-state index in [4.69, 9.17) is 5.73 Å². The van der Waals surface area contributed by atoms with Crippen molar-refractivity contribution in [3.63, 3.8) is 0 Å². The molecule has 1 aliphatic heterocycles. The summed E-state index contributed by atoms with van der Waals surface area (Å²) in [7, 11) is 0. The number of halogens is 1. The zero-order valence-electron chi connectivity index (χ0n) is 10.9. The zero-order chi connectivity index (χ0) is 13.4. The number of amides is 1. The minimum absolute atomic E-state index is 0.182. The molecule has 1 heterocycles. The molecule has 1 aliphatic carbocycles. The standard InChI is InChI=1S/C15H19BrN2O/c16-11-4-1-3-10(7-11)13-8-14(13)15(19)18-6-2-5-12(18)9-17/h1,3-4,7,12-14H,2,5-6,8-9,17H2/t12-,13-,14+/m0/s1. The molecule has 1 aromatic rings. The van der Waals surface area contributed by atoms with Crippen LogP contribution in [0, 0.1) is 5.92 Å². The van der Waals surface area contributed by atoms with E-state index in [1.807, 2.05) is 17.0 Å². The van der Waals surface area contributed by atoms with Gasteiger partial charge in [-0.1, -0.05) is 28.1 Å². The molecule has 2 fully saturated rings. The number of carbonyl (C=O) groups is 1. The Hall–Kier alpha value is -0.870. The monoisotopic (exact) mass is 322 g/mol. The number of hydrogen-bond donors (Lipinski definition) is 1. The van der Waals surface area contributed by atoms with Gasteiger partial charge < -0.3 is 10.6 Å². The first-order valence-electron chi connectivity index (χ1n) is 6.96. The van der Waals surface area contributed by atoms with Crippen molar-refractivity contribution in [2.45, 2.75) is 31.2 Å². The second kappa shape index (κ2) is 5.25. The summed E-state index contributed by atoms with van der Waals surface area (Å²) < 4.78 is 1.09. The Kier molecular flexibility index (Phi) is 3.63. The normalized spacial score (nSPS) is 29.6. The van der Waals surface area contributed by atoms with Crippen molar-refractivity contribution < 1.29 is 4.79 Å². The molecule has 1 amide bonds. The Bertz CT molecular complexity index is 491. The van der Waals surface area contributed by atoms with E-state index in [0.29, 0.717) is 18.4 Å². The van der Waals surface area contributed by atoms with Gasteiger partial charge in [-0.3, -0.25) is 4.79 Å². The molecule has 0 unspecified atom stereocenters. The van der Waals surface area contributed by atoms with Crippen LogP contribution in [0.25, 0.3) is 0 Å². The Morgan fingerprint density at radius 2 is 2.32 bits per heavy atom. The summed E-state index contributed by atoms with van der Waals surface area (Å²) in [5, 5.41) is 0. The predicted molar refractivity (Wildman–Crippen MR) is 78.8 cm³/mol. The molecule has 1 saturated carbocycles. The highest BCUT2D eigenvalue weighted by Gasteiger charge is 2.47. The van der Waals surface area contributed by atoms with Gasteiger partial charge in [-0.15, -0.1) is 0 Å². The summed E-state index contributed by atoms with van der Waals surface area (Å²) >= 11 is 3.49. The molecular weight excluding hydrogens is 304 g/mol. The highest BCUT2D eigenvalue weighted by atomic mass is 79.9. The minimum atomic E-state index is 0.182. The largest absolute Gasteiger partial charge is 0.338 e. The van der Waals surface area contributed by atoms with E-state index in [1.54, 1.807) is 0 Å². The van der Waals surface area contributed by atoms with Crippen LogP contribution >= 0.6 is 15.9 Å². The fourth-order valence-electron chi connectivity index (χ4n) is 3.16. The fourth-order valence-corrected chi connectivity index (χ4v) is 3.57. The molecule has 2 N–H and O–H groups in total. The summed E-state index contributed by atoms with van der Waals surface area (Å²) in [6.45, 7) is 1.49. The first-order valence-corrected chi connectivity index (χ1v) is 7.76. The maximum atomic E-state index is 12.5. The summed E-state index contributed by atoms with van der Waals surface area (Å²) in [6.07, 6.45) is 3.15. The smallest absolute Gasteiger partial charge is 0.226 e. The van der Waals surface area contributed by atoms with E-state index in [2.05, 4.69) is 28.1 Å². The first-order chi connectivity index (χ1) is 9.20. The lowest BCUT2D eigenvalue weighted by Gasteiger charge is -2.23. The van der Waals surface area contributed by atoms with Crippen molar-refractivity contribution in [3.8, 4) is 0 Å². The van der Waals surface area contributed by atoms with Gasteiger partial charge in [0.05, 0.1) is 0 Å². The zero-order valence-corrected chi connectivity index (χ0v) is 12.5. The topological polar surface area (TPSA) is 46.3 Å². The summed E-state index contributed by atoms with van der Waals surface area (Å²) in [5.74, 6) is 0.906. The number of carbonyl (C=O) groups excluding carboxylic acids is 1. The molecule has 1 saturated heterocycles. The molecule has 0 aromatic heterocycles. The van der Waals surface area contributed by atoms with E-state index in [-0.39, 0.29) is 12.0 Å². The number of rotatable bonds is 3. The van der Waals surface area contributed by atoms with Crippen molar-refractivity contribution >= 4 is 21.8 Å². The van der Waals surface area contributed by atoms with Gasteiger partial charge in [0, 0.05) is 29.5 Å². The van der Waals surface area contributed by atoms with Gasteiger partial charge in [-0.25, -0.2) is 0 Å². The van der Waals surface area contributed by atoms with E-state index >= 15 is 0 Å². The van der Waals surface area contributed by atoms with Gasteiger partial charge in [0.25, 0.3) is 0 Å². The van der Waals surface area contributed by atoms with Gasteiger partial charge in [-0.2, -0.15) is 0 Å². The average Bonchev–Trinajstić information content (AvgIpc) is 3.07. The van der Waals surface area contributed by atoms with Gasteiger partial charge in [0.1, 0.15) is 0 Å². The molecule has 19 heavy (non-hydrogen) atoms. The second-order valence-corrected chi connectivity index (χ2v) is 6.48. The summed E-state index contributed by atoms with van der Waals surface area (Å²) in [5.41, 5.74) is 7.02. The van der Waals surface area contributed by atoms with Crippen molar-refractivity contribution in [1.82, 2.24) is 4.90 Å². The summed E-state index contributed by atoms with van der Waals surface area (Å²) in [4.78, 5) is 14.5. The number of benzene rings is 1. The number of nitrogens with two attached hydrogens (primary N) is 1. The fraction of sp³-hybridized carbons (Fsp3) is 0.533. The van der Waals surface area contributed by atoms with Crippen molar-refractivity contribution in [2.24, 2.45) is 11.7 Å². The van der Waals surface area contributed by atoms with Crippen LogP contribution in [0.4, 0.5) is 0 Å². The van der Waals surface area contributed by atoms with Crippen LogP contribution in [-0.4, -0.2) is 29.9 Å². The molecule has 0 spiro atoms. The van der Waals surface area contributed by atoms with E-state index < -0.39 is 0 Å². The molecule has 3 nitrogen and oxygen atoms in total. The van der Waals surface area contributed by atoms with E-state index in [0.717, 1.165) is 30.3 Å². The third kappa shape index (κ3) is 2.56. The third-order valence-corrected chi connectivity index (χ3v) is 4.81. The molecule has 1 aromatic carbocycles. The average molecular weight is 323 g/mol. The van der Waals surface area contributed by atoms with Crippen LogP contribution in [0.1, 0.15) is 30.7 Å². The predicted octanol–water partition coefficient (Wildman–Crippen LogP) is 2.50. The maximum absolute atomic E-state index is 12.5. The molecule has 3 atom stereocenters. The molecule has 2 aliphatic rings. The molecule has 3 rings (SSSR count). The van der Waals surface area contributed by atoms with Crippen LogP contribution in [-0.2, 0) is 4.79 Å². The van der Waals surface area contributed by atoms with Crippen LogP contribution in [0.2, 0.25) is 0 Å². The van der Waals surface area contributed by atoms with Gasteiger partial charge in [0.15, 0.2) is 0 Å². The highest BCUT2D eigenvalue weighted by molar-refractivity contribution is 9.10. The van der Waals surface area contributed by atoms with Crippen molar-refractivity contribution in [3.05, 3.63) is 34.3 Å². The third-order valence-electron chi connectivity index (χ3n) is 4.32. The van der Waals surface area contributed by atoms with Gasteiger partial charge >= 0.3 is 0 Å².